The number of rotatable bonds is 7. The van der Waals surface area contributed by atoms with Crippen LogP contribution >= 0.6 is 0 Å². The zero-order chi connectivity index (χ0) is 13.4. The van der Waals surface area contributed by atoms with E-state index in [1.54, 1.807) is 0 Å². The van der Waals surface area contributed by atoms with Crippen molar-refractivity contribution in [3.8, 4) is 0 Å². The molecule has 1 rings (SSSR count). The van der Waals surface area contributed by atoms with E-state index in [1.165, 1.54) is 0 Å². The standard InChI is InChI=1S/C13H26N2O3/c1-3-5-15(6-4-2)13(17)10-14-7-8-18-12(9-14)11-16/h12,16H,3-11H2,1-2H3. The van der Waals surface area contributed by atoms with E-state index in [2.05, 4.69) is 18.7 Å². The number of carbonyl (C=O) groups is 1. The molecule has 1 atom stereocenters. The van der Waals surface area contributed by atoms with Crippen LogP contribution in [0.3, 0.4) is 0 Å². The SMILES string of the molecule is CCCN(CCC)C(=O)CN1CCOC(CO)C1. The van der Waals surface area contributed by atoms with E-state index in [0.717, 1.165) is 32.5 Å². The van der Waals surface area contributed by atoms with Crippen LogP contribution in [-0.4, -0.2) is 72.9 Å². The lowest BCUT2D eigenvalue weighted by Gasteiger charge is -2.33. The highest BCUT2D eigenvalue weighted by Crippen LogP contribution is 2.06. The van der Waals surface area contributed by atoms with Gasteiger partial charge in [0, 0.05) is 26.2 Å². The molecule has 0 bridgehead atoms. The zero-order valence-corrected chi connectivity index (χ0v) is 11.6. The molecule has 1 N–H and O–H groups in total. The number of morpholine rings is 1. The second kappa shape index (κ2) is 8.45. The molecule has 0 aromatic heterocycles. The second-order valence-corrected chi connectivity index (χ2v) is 4.79. The Bertz CT molecular complexity index is 242. The summed E-state index contributed by atoms with van der Waals surface area (Å²) in [5.74, 6) is 0.192. The average Bonchev–Trinajstić information content (AvgIpc) is 2.38. The van der Waals surface area contributed by atoms with Gasteiger partial charge in [-0.2, -0.15) is 0 Å². The van der Waals surface area contributed by atoms with E-state index in [1.807, 2.05) is 4.90 Å². The van der Waals surface area contributed by atoms with E-state index in [4.69, 9.17) is 9.84 Å². The maximum atomic E-state index is 12.2. The molecule has 5 heteroatoms. The summed E-state index contributed by atoms with van der Waals surface area (Å²) in [4.78, 5) is 16.2. The normalized spacial score (nSPS) is 20.9. The van der Waals surface area contributed by atoms with E-state index in [0.29, 0.717) is 19.7 Å². The molecule has 18 heavy (non-hydrogen) atoms. The lowest BCUT2D eigenvalue weighted by atomic mass is 10.2. The van der Waals surface area contributed by atoms with Crippen LogP contribution in [-0.2, 0) is 9.53 Å². The molecule has 0 saturated carbocycles. The second-order valence-electron chi connectivity index (χ2n) is 4.79. The molecule has 1 fully saturated rings. The van der Waals surface area contributed by atoms with Crippen LogP contribution in [0.4, 0.5) is 0 Å². The van der Waals surface area contributed by atoms with Gasteiger partial charge < -0.3 is 14.7 Å². The Morgan fingerprint density at radius 1 is 1.39 bits per heavy atom. The zero-order valence-electron chi connectivity index (χ0n) is 11.6. The minimum Gasteiger partial charge on any atom is -0.394 e. The van der Waals surface area contributed by atoms with Gasteiger partial charge in [0.15, 0.2) is 0 Å². The maximum Gasteiger partial charge on any atom is 0.236 e. The number of aliphatic hydroxyl groups excluding tert-OH is 1. The Hall–Kier alpha value is -0.650. The Morgan fingerprint density at radius 2 is 2.06 bits per heavy atom. The molecule has 0 spiro atoms. The highest BCUT2D eigenvalue weighted by Gasteiger charge is 2.23. The van der Waals surface area contributed by atoms with Crippen molar-refractivity contribution in [2.75, 3.05) is 45.9 Å². The van der Waals surface area contributed by atoms with Gasteiger partial charge in [0.2, 0.25) is 5.91 Å². The molecule has 1 aliphatic heterocycles. The summed E-state index contributed by atoms with van der Waals surface area (Å²) in [5, 5.41) is 9.07. The van der Waals surface area contributed by atoms with E-state index < -0.39 is 0 Å². The fourth-order valence-electron chi connectivity index (χ4n) is 2.23. The summed E-state index contributed by atoms with van der Waals surface area (Å²) >= 11 is 0. The minimum atomic E-state index is -0.141. The molecule has 1 saturated heterocycles. The Kier molecular flexibility index (Phi) is 7.23. The fraction of sp³-hybridized carbons (Fsp3) is 0.923. The van der Waals surface area contributed by atoms with Gasteiger partial charge in [0.05, 0.1) is 25.9 Å². The van der Waals surface area contributed by atoms with Crippen molar-refractivity contribution in [3.63, 3.8) is 0 Å². The molecule has 1 amide bonds. The smallest absolute Gasteiger partial charge is 0.236 e. The van der Waals surface area contributed by atoms with Gasteiger partial charge in [-0.25, -0.2) is 0 Å². The van der Waals surface area contributed by atoms with Crippen molar-refractivity contribution in [3.05, 3.63) is 0 Å². The van der Waals surface area contributed by atoms with Gasteiger partial charge in [0.1, 0.15) is 0 Å². The molecule has 1 aliphatic rings. The third-order valence-electron chi connectivity index (χ3n) is 3.13. The van der Waals surface area contributed by atoms with Gasteiger partial charge >= 0.3 is 0 Å². The van der Waals surface area contributed by atoms with Gasteiger partial charge in [-0.05, 0) is 12.8 Å². The Labute approximate surface area is 110 Å². The van der Waals surface area contributed by atoms with Gasteiger partial charge in [-0.3, -0.25) is 9.69 Å². The van der Waals surface area contributed by atoms with Gasteiger partial charge in [-0.1, -0.05) is 13.8 Å². The largest absolute Gasteiger partial charge is 0.394 e. The summed E-state index contributed by atoms with van der Waals surface area (Å²) in [6.45, 7) is 8.33. The maximum absolute atomic E-state index is 12.2. The first-order valence-corrected chi connectivity index (χ1v) is 6.93. The van der Waals surface area contributed by atoms with Crippen molar-refractivity contribution in [2.24, 2.45) is 0 Å². The molecule has 0 aliphatic carbocycles. The molecule has 0 radical (unpaired) electrons. The first kappa shape index (κ1) is 15.4. The number of hydrogen-bond acceptors (Lipinski definition) is 4. The third kappa shape index (κ3) is 4.92. The van der Waals surface area contributed by atoms with Crippen LogP contribution in [0.25, 0.3) is 0 Å². The molecule has 0 aromatic rings. The number of aliphatic hydroxyl groups is 1. The number of hydrogen-bond donors (Lipinski definition) is 1. The minimum absolute atomic E-state index is 0.0261. The topological polar surface area (TPSA) is 53.0 Å². The van der Waals surface area contributed by atoms with Crippen molar-refractivity contribution < 1.29 is 14.6 Å². The van der Waals surface area contributed by atoms with Crippen molar-refractivity contribution in [1.29, 1.82) is 0 Å². The van der Waals surface area contributed by atoms with Crippen LogP contribution in [0.5, 0.6) is 0 Å². The van der Waals surface area contributed by atoms with E-state index in [9.17, 15) is 4.79 Å². The summed E-state index contributed by atoms with van der Waals surface area (Å²) in [6.07, 6.45) is 1.85. The molecule has 0 aromatic carbocycles. The van der Waals surface area contributed by atoms with Crippen LogP contribution in [0, 0.1) is 0 Å². The summed E-state index contributed by atoms with van der Waals surface area (Å²) < 4.78 is 5.38. The monoisotopic (exact) mass is 258 g/mol. The third-order valence-corrected chi connectivity index (χ3v) is 3.13. The van der Waals surface area contributed by atoms with Crippen molar-refractivity contribution in [1.82, 2.24) is 9.80 Å². The molecular formula is C13H26N2O3. The Balaban J connectivity index is 2.41. The first-order chi connectivity index (χ1) is 8.71. The quantitative estimate of drug-likeness (QED) is 0.715. The highest BCUT2D eigenvalue weighted by atomic mass is 16.5. The number of nitrogens with zero attached hydrogens (tertiary/aromatic N) is 2. The lowest BCUT2D eigenvalue weighted by molar-refractivity contribution is -0.135. The summed E-state index contributed by atoms with van der Waals surface area (Å²) in [6, 6.07) is 0. The molecule has 1 unspecified atom stereocenters. The predicted molar refractivity (Wildman–Crippen MR) is 70.4 cm³/mol. The number of ether oxygens (including phenoxy) is 1. The molecule has 5 nitrogen and oxygen atoms in total. The highest BCUT2D eigenvalue weighted by molar-refractivity contribution is 5.78. The van der Waals surface area contributed by atoms with Gasteiger partial charge in [0.25, 0.3) is 0 Å². The van der Waals surface area contributed by atoms with Crippen LogP contribution in [0.1, 0.15) is 26.7 Å². The summed E-state index contributed by atoms with van der Waals surface area (Å²) in [5.41, 5.74) is 0. The van der Waals surface area contributed by atoms with Crippen LogP contribution in [0.2, 0.25) is 0 Å². The molecular weight excluding hydrogens is 232 g/mol. The van der Waals surface area contributed by atoms with Crippen molar-refractivity contribution >= 4 is 5.91 Å². The summed E-state index contributed by atoms with van der Waals surface area (Å²) in [7, 11) is 0. The first-order valence-electron chi connectivity index (χ1n) is 6.93. The molecule has 1 heterocycles. The number of carbonyl (C=O) groups excluding carboxylic acids is 1. The molecule has 106 valence electrons. The fourth-order valence-corrected chi connectivity index (χ4v) is 2.23. The average molecular weight is 258 g/mol. The van der Waals surface area contributed by atoms with Crippen LogP contribution < -0.4 is 0 Å². The van der Waals surface area contributed by atoms with Gasteiger partial charge in [-0.15, -0.1) is 0 Å². The lowest BCUT2D eigenvalue weighted by Crippen LogP contribution is -2.49. The van der Waals surface area contributed by atoms with Crippen LogP contribution in [0.15, 0.2) is 0 Å². The predicted octanol–water partition coefficient (Wildman–Crippen LogP) is 0.328. The number of amides is 1. The van der Waals surface area contributed by atoms with Crippen molar-refractivity contribution in [2.45, 2.75) is 32.8 Å². The van der Waals surface area contributed by atoms with E-state index >= 15 is 0 Å². The Morgan fingerprint density at radius 3 is 2.61 bits per heavy atom. The van der Waals surface area contributed by atoms with E-state index in [-0.39, 0.29) is 18.6 Å².